The molecule has 1 fully saturated rings. The van der Waals surface area contributed by atoms with E-state index in [-0.39, 0.29) is 42.9 Å². The summed E-state index contributed by atoms with van der Waals surface area (Å²) >= 11 is 0. The Kier molecular flexibility index (Phi) is 5.76. The Hall–Kier alpha value is -2.78. The summed E-state index contributed by atoms with van der Waals surface area (Å²) in [6.07, 6.45) is 0. The highest BCUT2D eigenvalue weighted by atomic mass is 32.2. The standard InChI is InChI=1S/C19H20FN3O4S/c1-14(24)21-17-6-2-15(3-7-17)19(25)22-10-12-23(13-11-22)28(26,27)18-8-4-16(20)5-9-18/h2-9H,10-13H2,1H3,(H,21,24). The number of sulfonamides is 1. The van der Waals surface area contributed by atoms with Crippen molar-refractivity contribution in [3.05, 3.63) is 59.9 Å². The van der Waals surface area contributed by atoms with E-state index >= 15 is 0 Å². The van der Waals surface area contributed by atoms with Crippen LogP contribution in [0.15, 0.2) is 53.4 Å². The summed E-state index contributed by atoms with van der Waals surface area (Å²) in [5.74, 6) is -0.898. The van der Waals surface area contributed by atoms with Crippen molar-refractivity contribution in [2.75, 3.05) is 31.5 Å². The molecule has 28 heavy (non-hydrogen) atoms. The lowest BCUT2D eigenvalue weighted by Crippen LogP contribution is -2.50. The van der Waals surface area contributed by atoms with Crippen molar-refractivity contribution in [3.63, 3.8) is 0 Å². The summed E-state index contributed by atoms with van der Waals surface area (Å²) < 4.78 is 39.6. The molecule has 0 atom stereocenters. The van der Waals surface area contributed by atoms with E-state index in [4.69, 9.17) is 0 Å². The van der Waals surface area contributed by atoms with Gasteiger partial charge in [0, 0.05) is 44.4 Å². The fourth-order valence-electron chi connectivity index (χ4n) is 2.97. The van der Waals surface area contributed by atoms with Crippen molar-refractivity contribution in [3.8, 4) is 0 Å². The van der Waals surface area contributed by atoms with Crippen LogP contribution < -0.4 is 5.32 Å². The number of rotatable bonds is 4. The summed E-state index contributed by atoms with van der Waals surface area (Å²) in [5.41, 5.74) is 1.06. The lowest BCUT2D eigenvalue weighted by Gasteiger charge is -2.34. The highest BCUT2D eigenvalue weighted by molar-refractivity contribution is 7.89. The van der Waals surface area contributed by atoms with Gasteiger partial charge in [0.1, 0.15) is 5.82 Å². The molecule has 1 aliphatic rings. The van der Waals surface area contributed by atoms with Crippen molar-refractivity contribution in [1.82, 2.24) is 9.21 Å². The molecule has 0 bridgehead atoms. The third-order valence-corrected chi connectivity index (χ3v) is 6.34. The summed E-state index contributed by atoms with van der Waals surface area (Å²) in [5, 5.41) is 2.63. The third kappa shape index (κ3) is 4.37. The van der Waals surface area contributed by atoms with E-state index in [1.54, 1.807) is 29.2 Å². The van der Waals surface area contributed by atoms with Crippen LogP contribution in [0.25, 0.3) is 0 Å². The molecule has 1 heterocycles. The first kappa shape index (κ1) is 20.0. The zero-order valence-corrected chi connectivity index (χ0v) is 16.1. The van der Waals surface area contributed by atoms with Crippen molar-refractivity contribution < 1.29 is 22.4 Å². The van der Waals surface area contributed by atoms with E-state index in [9.17, 15) is 22.4 Å². The van der Waals surface area contributed by atoms with Gasteiger partial charge in [0.15, 0.2) is 0 Å². The Balaban J connectivity index is 1.63. The molecule has 0 unspecified atom stereocenters. The summed E-state index contributed by atoms with van der Waals surface area (Å²) in [6.45, 7) is 2.24. The maximum atomic E-state index is 13.0. The summed E-state index contributed by atoms with van der Waals surface area (Å²) in [4.78, 5) is 25.3. The van der Waals surface area contributed by atoms with Gasteiger partial charge >= 0.3 is 0 Å². The predicted molar refractivity (Wildman–Crippen MR) is 102 cm³/mol. The number of amides is 2. The Bertz CT molecular complexity index is 967. The molecule has 0 radical (unpaired) electrons. The Morgan fingerprint density at radius 2 is 1.50 bits per heavy atom. The van der Waals surface area contributed by atoms with Crippen LogP contribution in [0.3, 0.4) is 0 Å². The maximum Gasteiger partial charge on any atom is 0.253 e. The number of halogens is 1. The number of carbonyl (C=O) groups is 2. The Labute approximate surface area is 162 Å². The number of hydrogen-bond donors (Lipinski definition) is 1. The Morgan fingerprint density at radius 3 is 2.04 bits per heavy atom. The normalized spacial score (nSPS) is 15.3. The van der Waals surface area contributed by atoms with Gasteiger partial charge in [-0.15, -0.1) is 0 Å². The van der Waals surface area contributed by atoms with Gasteiger partial charge in [-0.05, 0) is 48.5 Å². The number of anilines is 1. The van der Waals surface area contributed by atoms with E-state index < -0.39 is 15.8 Å². The summed E-state index contributed by atoms with van der Waals surface area (Å²) in [6, 6.07) is 11.2. The lowest BCUT2D eigenvalue weighted by atomic mass is 10.1. The average Bonchev–Trinajstić information content (AvgIpc) is 2.68. The van der Waals surface area contributed by atoms with Crippen molar-refractivity contribution in [2.24, 2.45) is 0 Å². The first-order chi connectivity index (χ1) is 13.3. The number of piperazine rings is 1. The van der Waals surface area contributed by atoms with Crippen LogP contribution in [0.4, 0.5) is 10.1 Å². The molecule has 1 saturated heterocycles. The molecule has 0 aliphatic carbocycles. The second-order valence-corrected chi connectivity index (χ2v) is 8.35. The molecule has 0 spiro atoms. The zero-order valence-electron chi connectivity index (χ0n) is 15.3. The van der Waals surface area contributed by atoms with Gasteiger partial charge in [-0.1, -0.05) is 0 Å². The van der Waals surface area contributed by atoms with Crippen molar-refractivity contribution in [1.29, 1.82) is 0 Å². The number of carbonyl (C=O) groups excluding carboxylic acids is 2. The van der Waals surface area contributed by atoms with Crippen molar-refractivity contribution >= 4 is 27.5 Å². The minimum atomic E-state index is -3.72. The minimum absolute atomic E-state index is 0.0298. The fraction of sp³-hybridized carbons (Fsp3) is 0.263. The molecule has 7 nitrogen and oxygen atoms in total. The average molecular weight is 405 g/mol. The number of hydrogen-bond acceptors (Lipinski definition) is 4. The van der Waals surface area contributed by atoms with Gasteiger partial charge in [-0.2, -0.15) is 4.31 Å². The van der Waals surface area contributed by atoms with Crippen LogP contribution in [0.1, 0.15) is 17.3 Å². The van der Waals surface area contributed by atoms with Crippen LogP contribution in [0, 0.1) is 5.82 Å². The second kappa shape index (κ2) is 8.07. The van der Waals surface area contributed by atoms with Gasteiger partial charge in [0.2, 0.25) is 15.9 Å². The first-order valence-electron chi connectivity index (χ1n) is 8.70. The molecule has 2 amide bonds. The zero-order chi connectivity index (χ0) is 20.3. The molecule has 3 rings (SSSR count). The lowest BCUT2D eigenvalue weighted by molar-refractivity contribution is -0.114. The van der Waals surface area contributed by atoms with E-state index in [0.717, 1.165) is 12.1 Å². The Morgan fingerprint density at radius 1 is 0.929 bits per heavy atom. The molecule has 0 saturated carbocycles. The maximum absolute atomic E-state index is 13.0. The topological polar surface area (TPSA) is 86.8 Å². The quantitative estimate of drug-likeness (QED) is 0.842. The van der Waals surface area contributed by atoms with Crippen LogP contribution in [0.5, 0.6) is 0 Å². The monoisotopic (exact) mass is 405 g/mol. The predicted octanol–water partition coefficient (Wildman–Crippen LogP) is 1.93. The molecular weight excluding hydrogens is 385 g/mol. The highest BCUT2D eigenvalue weighted by Gasteiger charge is 2.30. The van der Waals surface area contributed by atoms with Gasteiger partial charge in [-0.3, -0.25) is 9.59 Å². The SMILES string of the molecule is CC(=O)Nc1ccc(C(=O)N2CCN(S(=O)(=O)c3ccc(F)cc3)CC2)cc1. The number of benzene rings is 2. The van der Waals surface area contributed by atoms with Crippen LogP contribution in [0.2, 0.25) is 0 Å². The number of nitrogens with one attached hydrogen (secondary N) is 1. The third-order valence-electron chi connectivity index (χ3n) is 4.43. The summed E-state index contributed by atoms with van der Waals surface area (Å²) in [7, 11) is -3.72. The molecule has 9 heteroatoms. The second-order valence-electron chi connectivity index (χ2n) is 6.41. The van der Waals surface area contributed by atoms with Gasteiger partial charge in [0.05, 0.1) is 4.90 Å². The van der Waals surface area contributed by atoms with Gasteiger partial charge in [-0.25, -0.2) is 12.8 Å². The smallest absolute Gasteiger partial charge is 0.253 e. The first-order valence-corrected chi connectivity index (χ1v) is 10.1. The molecule has 1 aliphatic heterocycles. The molecule has 2 aromatic carbocycles. The molecule has 0 aromatic heterocycles. The van der Waals surface area contributed by atoms with Crippen LogP contribution >= 0.6 is 0 Å². The largest absolute Gasteiger partial charge is 0.336 e. The number of nitrogens with zero attached hydrogens (tertiary/aromatic N) is 2. The van der Waals surface area contributed by atoms with Crippen molar-refractivity contribution in [2.45, 2.75) is 11.8 Å². The van der Waals surface area contributed by atoms with Crippen LogP contribution in [-0.2, 0) is 14.8 Å². The van der Waals surface area contributed by atoms with E-state index in [1.807, 2.05) is 0 Å². The van der Waals surface area contributed by atoms with E-state index in [2.05, 4.69) is 5.32 Å². The molecule has 148 valence electrons. The van der Waals surface area contributed by atoms with E-state index in [1.165, 1.54) is 23.4 Å². The molecule has 1 N–H and O–H groups in total. The van der Waals surface area contributed by atoms with E-state index in [0.29, 0.717) is 11.3 Å². The highest BCUT2D eigenvalue weighted by Crippen LogP contribution is 2.19. The minimum Gasteiger partial charge on any atom is -0.336 e. The van der Waals surface area contributed by atoms with Crippen LogP contribution in [-0.4, -0.2) is 55.6 Å². The molecule has 2 aromatic rings. The fourth-order valence-corrected chi connectivity index (χ4v) is 4.39. The molecular formula is C19H20FN3O4S. The van der Waals surface area contributed by atoms with Gasteiger partial charge < -0.3 is 10.2 Å². The van der Waals surface area contributed by atoms with Gasteiger partial charge in [0.25, 0.3) is 5.91 Å².